The fraction of sp³-hybridized carbons (Fsp3) is 0.556. The monoisotopic (exact) mass is 254 g/mol. The number of nitrogens with zero attached hydrogens (tertiary/aromatic N) is 1. The third kappa shape index (κ3) is 1.19. The van der Waals surface area contributed by atoms with E-state index in [1.165, 1.54) is 6.20 Å². The van der Waals surface area contributed by atoms with E-state index in [-0.39, 0.29) is 7.28 Å². The van der Waals surface area contributed by atoms with Gasteiger partial charge in [-0.15, -0.1) is 0 Å². The molecule has 2 saturated heterocycles. The molecule has 4 N–H and O–H groups in total. The molecule has 96 valence electrons. The summed E-state index contributed by atoms with van der Waals surface area (Å²) in [6, 6.07) is 1.12. The summed E-state index contributed by atoms with van der Waals surface area (Å²) >= 11 is 0. The first-order valence-electron chi connectivity index (χ1n) is 5.46. The molecule has 1 aromatic rings. The van der Waals surface area contributed by atoms with Gasteiger partial charge in [-0.3, -0.25) is 14.3 Å². The van der Waals surface area contributed by atoms with Gasteiger partial charge in [0.15, 0.2) is 0 Å². The molecule has 0 saturated carbocycles. The maximum atomic E-state index is 11.7. The number of H-pyrrole nitrogens is 1. The first-order chi connectivity index (χ1) is 8.44. The van der Waals surface area contributed by atoms with E-state index in [9.17, 15) is 19.8 Å². The molecule has 4 atom stereocenters. The molecule has 0 aromatic carbocycles. The first-order valence-corrected chi connectivity index (χ1v) is 5.46. The molecular weight excluding hydrogens is 243 g/mol. The first kappa shape index (κ1) is 11.7. The third-order valence-electron chi connectivity index (χ3n) is 3.64. The summed E-state index contributed by atoms with van der Waals surface area (Å²) in [6.45, 7) is -0.469. The van der Waals surface area contributed by atoms with Crippen molar-refractivity contribution in [2.24, 2.45) is 0 Å². The number of hydrogen-bond donors (Lipinski definition) is 4. The molecular formula is C9H11BN2O6. The molecule has 1 aromatic heterocycles. The molecule has 0 amide bonds. The average molecular weight is 254 g/mol. The number of hydrogen-bond acceptors (Lipinski definition) is 6. The summed E-state index contributed by atoms with van der Waals surface area (Å²) in [5.41, 5.74) is -4.30. The van der Waals surface area contributed by atoms with E-state index in [0.717, 1.165) is 10.6 Å². The molecule has 0 bridgehead atoms. The fourth-order valence-corrected chi connectivity index (χ4v) is 2.61. The van der Waals surface area contributed by atoms with Gasteiger partial charge in [0.1, 0.15) is 23.3 Å². The highest BCUT2D eigenvalue weighted by Gasteiger charge is 2.81. The second-order valence-corrected chi connectivity index (χ2v) is 4.65. The topological polar surface area (TPSA) is 125 Å². The lowest BCUT2D eigenvalue weighted by Crippen LogP contribution is -2.40. The largest absolute Gasteiger partial charge is 0.394 e. The van der Waals surface area contributed by atoms with Gasteiger partial charge in [-0.1, -0.05) is 0 Å². The summed E-state index contributed by atoms with van der Waals surface area (Å²) in [5, 5.41) is 29.0. The molecule has 3 heterocycles. The maximum Gasteiger partial charge on any atom is 0.330 e. The second kappa shape index (κ2) is 3.32. The fourth-order valence-electron chi connectivity index (χ4n) is 2.61. The van der Waals surface area contributed by atoms with Crippen molar-refractivity contribution >= 4 is 7.28 Å². The predicted molar refractivity (Wildman–Crippen MR) is 59.4 cm³/mol. The van der Waals surface area contributed by atoms with Crippen molar-refractivity contribution in [1.29, 1.82) is 0 Å². The van der Waals surface area contributed by atoms with Gasteiger partial charge in [0, 0.05) is 12.3 Å². The SMILES string of the molecule is O=c1ccn([C@@]23B[C@@]2(O)[C@H](O)[C@@H](CO)O3)c(=O)[nH]1. The Morgan fingerprint density at radius 3 is 2.83 bits per heavy atom. The highest BCUT2D eigenvalue weighted by Crippen LogP contribution is 2.55. The lowest BCUT2D eigenvalue weighted by molar-refractivity contribution is -0.0665. The zero-order chi connectivity index (χ0) is 13.1. The number of aromatic amines is 1. The van der Waals surface area contributed by atoms with Crippen LogP contribution in [-0.2, 0) is 10.4 Å². The van der Waals surface area contributed by atoms with Crippen LogP contribution in [0.4, 0.5) is 0 Å². The van der Waals surface area contributed by atoms with Crippen molar-refractivity contribution in [1.82, 2.24) is 9.55 Å². The standard InChI is InChI=1S/C9H11BN2O6/c13-3-4-6(15)8(17)9(10-8,18-4)12-2-1-5(14)11-7(12)16/h1-2,4,6,10,13,15,17H,3H2,(H,11,14,16)/t4-,6-,8-,9+/m1/s1. The van der Waals surface area contributed by atoms with E-state index in [4.69, 9.17) is 9.84 Å². The van der Waals surface area contributed by atoms with Crippen LogP contribution in [-0.4, -0.2) is 56.5 Å². The Morgan fingerprint density at radius 2 is 2.28 bits per heavy atom. The van der Waals surface area contributed by atoms with Crippen LogP contribution in [0.1, 0.15) is 0 Å². The molecule has 2 aliphatic heterocycles. The van der Waals surface area contributed by atoms with E-state index in [0.29, 0.717) is 0 Å². The molecule has 2 aliphatic rings. The Bertz CT molecular complexity index is 614. The molecule has 9 heteroatoms. The van der Waals surface area contributed by atoms with Gasteiger partial charge in [-0.25, -0.2) is 4.79 Å². The number of fused-ring (bicyclic) bond motifs is 1. The minimum absolute atomic E-state index is 0.0314. The maximum absolute atomic E-state index is 11.7. The Labute approximate surface area is 101 Å². The van der Waals surface area contributed by atoms with Crippen molar-refractivity contribution in [2.75, 3.05) is 6.61 Å². The summed E-state index contributed by atoms with van der Waals surface area (Å²) in [5.74, 6) is 0. The number of ether oxygens (including phenoxy) is 1. The van der Waals surface area contributed by atoms with Gasteiger partial charge >= 0.3 is 5.69 Å². The Kier molecular flexibility index (Phi) is 2.15. The van der Waals surface area contributed by atoms with Crippen molar-refractivity contribution in [3.63, 3.8) is 0 Å². The quantitative estimate of drug-likeness (QED) is 0.399. The van der Waals surface area contributed by atoms with Crippen molar-refractivity contribution < 1.29 is 20.1 Å². The zero-order valence-corrected chi connectivity index (χ0v) is 9.24. The Balaban J connectivity index is 2.09. The minimum atomic E-state index is -1.61. The van der Waals surface area contributed by atoms with Crippen LogP contribution in [0, 0.1) is 0 Å². The van der Waals surface area contributed by atoms with E-state index < -0.39 is 41.2 Å². The van der Waals surface area contributed by atoms with Gasteiger partial charge in [0.05, 0.1) is 6.61 Å². The van der Waals surface area contributed by atoms with Gasteiger partial charge < -0.3 is 20.1 Å². The van der Waals surface area contributed by atoms with Gasteiger partial charge in [-0.2, -0.15) is 0 Å². The summed E-state index contributed by atoms with van der Waals surface area (Å²) in [4.78, 5) is 24.7. The number of aliphatic hydroxyl groups is 3. The molecule has 0 unspecified atom stereocenters. The zero-order valence-electron chi connectivity index (χ0n) is 9.24. The third-order valence-corrected chi connectivity index (χ3v) is 3.64. The normalized spacial score (nSPS) is 41.3. The summed E-state index contributed by atoms with van der Waals surface area (Å²) in [6.07, 6.45) is -1.03. The van der Waals surface area contributed by atoms with Crippen molar-refractivity contribution in [2.45, 2.75) is 23.3 Å². The summed E-state index contributed by atoms with van der Waals surface area (Å²) < 4.78 is 6.42. The number of aliphatic hydroxyl groups excluding tert-OH is 2. The molecule has 0 aliphatic carbocycles. The molecule has 18 heavy (non-hydrogen) atoms. The molecule has 8 nitrogen and oxygen atoms in total. The van der Waals surface area contributed by atoms with E-state index >= 15 is 0 Å². The van der Waals surface area contributed by atoms with Crippen LogP contribution in [0.3, 0.4) is 0 Å². The minimum Gasteiger partial charge on any atom is -0.394 e. The number of nitrogens with one attached hydrogen (secondary N) is 1. The van der Waals surface area contributed by atoms with Gasteiger partial charge in [0.25, 0.3) is 5.56 Å². The smallest absolute Gasteiger partial charge is 0.330 e. The van der Waals surface area contributed by atoms with Crippen molar-refractivity contribution in [3.8, 4) is 0 Å². The van der Waals surface area contributed by atoms with Crippen LogP contribution in [0.25, 0.3) is 0 Å². The number of rotatable bonds is 2. The van der Waals surface area contributed by atoms with Crippen LogP contribution in [0.2, 0.25) is 0 Å². The number of aromatic nitrogens is 2. The molecule has 0 radical (unpaired) electrons. The average Bonchev–Trinajstić information content (AvgIpc) is 2.86. The lowest BCUT2D eigenvalue weighted by atomic mass is 9.90. The van der Waals surface area contributed by atoms with E-state index in [1.807, 2.05) is 4.98 Å². The van der Waals surface area contributed by atoms with Crippen LogP contribution in [0.5, 0.6) is 0 Å². The predicted octanol–water partition coefficient (Wildman–Crippen LogP) is -3.96. The van der Waals surface area contributed by atoms with Crippen molar-refractivity contribution in [3.05, 3.63) is 33.1 Å². The van der Waals surface area contributed by atoms with E-state index in [2.05, 4.69) is 0 Å². The van der Waals surface area contributed by atoms with Crippen LogP contribution < -0.4 is 11.2 Å². The van der Waals surface area contributed by atoms with Crippen LogP contribution >= 0.6 is 0 Å². The molecule has 3 rings (SSSR count). The lowest BCUT2D eigenvalue weighted by Gasteiger charge is -2.19. The molecule has 0 spiro atoms. The second-order valence-electron chi connectivity index (χ2n) is 4.65. The summed E-state index contributed by atoms with van der Waals surface area (Å²) in [7, 11) is 0.0314. The molecule has 2 fully saturated rings. The van der Waals surface area contributed by atoms with Gasteiger partial charge in [0.2, 0.25) is 7.28 Å². The Hall–Kier alpha value is -1.42. The van der Waals surface area contributed by atoms with Crippen LogP contribution in [0.15, 0.2) is 21.9 Å². The van der Waals surface area contributed by atoms with E-state index in [1.54, 1.807) is 0 Å². The van der Waals surface area contributed by atoms with Gasteiger partial charge in [-0.05, 0) is 0 Å². The highest BCUT2D eigenvalue weighted by molar-refractivity contribution is 6.57. The highest BCUT2D eigenvalue weighted by atomic mass is 16.6. The Morgan fingerprint density at radius 1 is 1.56 bits per heavy atom.